The molecule has 2 amide bonds. The first kappa shape index (κ1) is 16.9. The molecular weight excluding hydrogens is 313 g/mol. The molecule has 1 aromatic rings. The van der Waals surface area contributed by atoms with Gasteiger partial charge in [0, 0.05) is 44.9 Å². The number of carbonyl (C=O) groups is 2. The average Bonchev–Trinajstić information content (AvgIpc) is 2.84. The van der Waals surface area contributed by atoms with Crippen LogP contribution in [0.15, 0.2) is 12.1 Å². The van der Waals surface area contributed by atoms with E-state index in [2.05, 4.69) is 0 Å². The molecule has 3 rings (SSSR count). The summed E-state index contributed by atoms with van der Waals surface area (Å²) in [6.45, 7) is 1.66. The predicted octanol–water partition coefficient (Wildman–Crippen LogP) is 1.33. The number of nitrogens with zero attached hydrogens (tertiary/aromatic N) is 3. The highest BCUT2D eigenvalue weighted by atomic mass is 19.1. The normalized spacial score (nSPS) is 18.5. The standard InChI is InChI=1S/C17H22FN3O3/c1-19(2)17(23)9-20-8-14-12(10-24-11-20)6-13(7-15(14)18)21-5-3-4-16(21)22/h6-7H,3-5,8-11H2,1-2H3. The first-order valence-electron chi connectivity index (χ1n) is 8.07. The molecule has 0 bridgehead atoms. The van der Waals surface area contributed by atoms with Crippen molar-refractivity contribution in [3.63, 3.8) is 0 Å². The van der Waals surface area contributed by atoms with E-state index < -0.39 is 0 Å². The average molecular weight is 335 g/mol. The zero-order valence-corrected chi connectivity index (χ0v) is 14.0. The fourth-order valence-corrected chi connectivity index (χ4v) is 3.05. The minimum atomic E-state index is -0.352. The Morgan fingerprint density at radius 3 is 2.83 bits per heavy atom. The summed E-state index contributed by atoms with van der Waals surface area (Å²) < 4.78 is 20.2. The summed E-state index contributed by atoms with van der Waals surface area (Å²) in [5.41, 5.74) is 1.87. The molecule has 7 heteroatoms. The first-order chi connectivity index (χ1) is 11.5. The van der Waals surface area contributed by atoms with Gasteiger partial charge in [-0.2, -0.15) is 0 Å². The Bertz CT molecular complexity index is 663. The summed E-state index contributed by atoms with van der Waals surface area (Å²) in [6, 6.07) is 3.25. The Hall–Kier alpha value is -1.99. The minimum Gasteiger partial charge on any atom is -0.361 e. The molecule has 1 saturated heterocycles. The zero-order chi connectivity index (χ0) is 17.3. The number of fused-ring (bicyclic) bond motifs is 1. The number of amides is 2. The van der Waals surface area contributed by atoms with Gasteiger partial charge in [0.25, 0.3) is 0 Å². The van der Waals surface area contributed by atoms with E-state index in [1.54, 1.807) is 23.9 Å². The van der Waals surface area contributed by atoms with Crippen LogP contribution in [-0.2, 0) is 27.5 Å². The maximum Gasteiger partial charge on any atom is 0.236 e. The molecule has 0 atom stereocenters. The highest BCUT2D eigenvalue weighted by molar-refractivity contribution is 5.95. The fraction of sp³-hybridized carbons (Fsp3) is 0.529. The third-order valence-corrected chi connectivity index (χ3v) is 4.43. The molecule has 0 spiro atoms. The van der Waals surface area contributed by atoms with Gasteiger partial charge in [0.15, 0.2) is 0 Å². The van der Waals surface area contributed by atoms with Crippen molar-refractivity contribution in [1.82, 2.24) is 9.80 Å². The summed E-state index contributed by atoms with van der Waals surface area (Å²) in [5, 5.41) is 0. The number of carbonyl (C=O) groups excluding carboxylic acids is 2. The maximum absolute atomic E-state index is 14.6. The van der Waals surface area contributed by atoms with Crippen molar-refractivity contribution in [1.29, 1.82) is 0 Å². The lowest BCUT2D eigenvalue weighted by atomic mass is 10.1. The minimum absolute atomic E-state index is 0.0297. The van der Waals surface area contributed by atoms with E-state index in [1.165, 1.54) is 11.0 Å². The summed E-state index contributed by atoms with van der Waals surface area (Å²) in [4.78, 5) is 28.7. The van der Waals surface area contributed by atoms with Gasteiger partial charge in [-0.25, -0.2) is 4.39 Å². The molecule has 2 aliphatic heterocycles. The second-order valence-electron chi connectivity index (χ2n) is 6.47. The van der Waals surface area contributed by atoms with Crippen LogP contribution in [0.5, 0.6) is 0 Å². The van der Waals surface area contributed by atoms with Crippen LogP contribution in [0, 0.1) is 5.82 Å². The van der Waals surface area contributed by atoms with Crippen LogP contribution >= 0.6 is 0 Å². The number of ether oxygens (including phenoxy) is 1. The molecule has 0 unspecified atom stereocenters. The number of likely N-dealkylation sites (N-methyl/N-ethyl adjacent to an activating group) is 1. The van der Waals surface area contributed by atoms with Gasteiger partial charge in [0.05, 0.1) is 13.2 Å². The van der Waals surface area contributed by atoms with E-state index in [-0.39, 0.29) is 37.5 Å². The molecule has 2 aliphatic rings. The van der Waals surface area contributed by atoms with Crippen LogP contribution in [0.4, 0.5) is 10.1 Å². The van der Waals surface area contributed by atoms with Crippen molar-refractivity contribution < 1.29 is 18.7 Å². The maximum atomic E-state index is 14.6. The van der Waals surface area contributed by atoms with Gasteiger partial charge in [-0.15, -0.1) is 0 Å². The topological polar surface area (TPSA) is 53.1 Å². The lowest BCUT2D eigenvalue weighted by Crippen LogP contribution is -2.36. The van der Waals surface area contributed by atoms with Crippen molar-refractivity contribution in [2.24, 2.45) is 0 Å². The molecule has 0 radical (unpaired) electrons. The Morgan fingerprint density at radius 1 is 1.38 bits per heavy atom. The van der Waals surface area contributed by atoms with Crippen LogP contribution < -0.4 is 4.90 Å². The Morgan fingerprint density at radius 2 is 2.17 bits per heavy atom. The molecule has 1 fully saturated rings. The number of benzene rings is 1. The summed E-state index contributed by atoms with van der Waals surface area (Å²) in [6.07, 6.45) is 1.31. The molecule has 130 valence electrons. The van der Waals surface area contributed by atoms with Gasteiger partial charge in [0.2, 0.25) is 11.8 Å². The Labute approximate surface area is 140 Å². The predicted molar refractivity (Wildman–Crippen MR) is 86.7 cm³/mol. The molecule has 1 aromatic carbocycles. The van der Waals surface area contributed by atoms with Crippen LogP contribution in [0.25, 0.3) is 0 Å². The highest BCUT2D eigenvalue weighted by Gasteiger charge is 2.26. The molecule has 0 aromatic heterocycles. The number of rotatable bonds is 3. The fourth-order valence-electron chi connectivity index (χ4n) is 3.05. The highest BCUT2D eigenvalue weighted by Crippen LogP contribution is 2.29. The number of anilines is 1. The van der Waals surface area contributed by atoms with E-state index in [4.69, 9.17) is 4.74 Å². The molecular formula is C17H22FN3O3. The third kappa shape index (κ3) is 3.42. The van der Waals surface area contributed by atoms with Gasteiger partial charge >= 0.3 is 0 Å². The van der Waals surface area contributed by atoms with Gasteiger partial charge in [0.1, 0.15) is 12.5 Å². The van der Waals surface area contributed by atoms with E-state index >= 15 is 0 Å². The SMILES string of the molecule is CN(C)C(=O)CN1COCc2cc(N3CCCC3=O)cc(F)c2C1. The van der Waals surface area contributed by atoms with Crippen molar-refractivity contribution in [2.45, 2.75) is 26.0 Å². The van der Waals surface area contributed by atoms with E-state index in [9.17, 15) is 14.0 Å². The Balaban J connectivity index is 1.83. The van der Waals surface area contributed by atoms with Crippen LogP contribution in [0.1, 0.15) is 24.0 Å². The first-order valence-corrected chi connectivity index (χ1v) is 8.07. The lowest BCUT2D eigenvalue weighted by molar-refractivity contribution is -0.131. The molecule has 0 saturated carbocycles. The van der Waals surface area contributed by atoms with Crippen LogP contribution in [0.2, 0.25) is 0 Å². The van der Waals surface area contributed by atoms with Gasteiger partial charge in [-0.3, -0.25) is 14.5 Å². The summed E-state index contributed by atoms with van der Waals surface area (Å²) >= 11 is 0. The second-order valence-corrected chi connectivity index (χ2v) is 6.47. The number of hydrogen-bond acceptors (Lipinski definition) is 4. The van der Waals surface area contributed by atoms with Crippen LogP contribution in [0.3, 0.4) is 0 Å². The molecule has 6 nitrogen and oxygen atoms in total. The summed E-state index contributed by atoms with van der Waals surface area (Å²) in [7, 11) is 3.38. The molecule has 0 N–H and O–H groups in total. The van der Waals surface area contributed by atoms with Crippen molar-refractivity contribution >= 4 is 17.5 Å². The van der Waals surface area contributed by atoms with Crippen molar-refractivity contribution in [3.05, 3.63) is 29.1 Å². The van der Waals surface area contributed by atoms with Gasteiger partial charge < -0.3 is 14.5 Å². The quantitative estimate of drug-likeness (QED) is 0.836. The number of hydrogen-bond donors (Lipinski definition) is 0. The van der Waals surface area contributed by atoms with E-state index in [0.29, 0.717) is 30.8 Å². The zero-order valence-electron chi connectivity index (χ0n) is 14.0. The number of halogens is 1. The lowest BCUT2D eigenvalue weighted by Gasteiger charge is -2.22. The van der Waals surface area contributed by atoms with E-state index in [0.717, 1.165) is 12.0 Å². The van der Waals surface area contributed by atoms with Crippen LogP contribution in [-0.4, -0.2) is 55.5 Å². The third-order valence-electron chi connectivity index (χ3n) is 4.43. The van der Waals surface area contributed by atoms with Gasteiger partial charge in [-0.1, -0.05) is 0 Å². The largest absolute Gasteiger partial charge is 0.361 e. The van der Waals surface area contributed by atoms with Gasteiger partial charge in [-0.05, 0) is 24.1 Å². The smallest absolute Gasteiger partial charge is 0.236 e. The van der Waals surface area contributed by atoms with E-state index in [1.807, 2.05) is 6.07 Å². The molecule has 2 heterocycles. The molecule has 24 heavy (non-hydrogen) atoms. The van der Waals surface area contributed by atoms with Crippen molar-refractivity contribution in [3.8, 4) is 0 Å². The summed E-state index contributed by atoms with van der Waals surface area (Å²) in [5.74, 6) is -0.376. The molecule has 0 aliphatic carbocycles. The Kier molecular flexibility index (Phi) is 4.82. The monoisotopic (exact) mass is 335 g/mol. The second kappa shape index (κ2) is 6.86. The van der Waals surface area contributed by atoms with Crippen molar-refractivity contribution in [2.75, 3.05) is 38.8 Å².